The minimum Gasteiger partial charge on any atom is -0.361 e. The fourth-order valence-electron chi connectivity index (χ4n) is 2.34. The Hall–Kier alpha value is -1.77. The van der Waals surface area contributed by atoms with E-state index in [0.29, 0.717) is 0 Å². The molecule has 0 aliphatic carbocycles. The standard InChI is InChI=1S/C16H22N2O/c1-3-5-6-12(4-2)16(19)18-14-8-7-13-9-10-17-15(13)11-14/h7-12,17H,3-6H2,1-2H3,(H,18,19). The number of amides is 1. The monoisotopic (exact) mass is 258 g/mol. The molecule has 1 aromatic carbocycles. The van der Waals surface area contributed by atoms with Crippen molar-refractivity contribution in [3.63, 3.8) is 0 Å². The molecule has 3 nitrogen and oxygen atoms in total. The molecule has 1 heterocycles. The van der Waals surface area contributed by atoms with Gasteiger partial charge in [0.15, 0.2) is 0 Å². The largest absolute Gasteiger partial charge is 0.361 e. The molecule has 2 aromatic rings. The SMILES string of the molecule is CCCCC(CC)C(=O)Nc1ccc2cc[nH]c2c1. The minimum atomic E-state index is 0.124. The molecule has 0 fully saturated rings. The fraction of sp³-hybridized carbons (Fsp3) is 0.438. The van der Waals surface area contributed by atoms with Crippen LogP contribution in [0.5, 0.6) is 0 Å². The Kier molecular flexibility index (Phi) is 4.61. The number of carbonyl (C=O) groups is 1. The van der Waals surface area contributed by atoms with Crippen LogP contribution in [-0.4, -0.2) is 10.9 Å². The van der Waals surface area contributed by atoms with Crippen molar-refractivity contribution in [3.8, 4) is 0 Å². The third-order valence-corrected chi connectivity index (χ3v) is 3.59. The van der Waals surface area contributed by atoms with Gasteiger partial charge >= 0.3 is 0 Å². The lowest BCUT2D eigenvalue weighted by Gasteiger charge is -2.14. The highest BCUT2D eigenvalue weighted by atomic mass is 16.1. The van der Waals surface area contributed by atoms with Crippen molar-refractivity contribution in [3.05, 3.63) is 30.5 Å². The minimum absolute atomic E-state index is 0.124. The summed E-state index contributed by atoms with van der Waals surface area (Å²) in [5, 5.41) is 4.19. The maximum atomic E-state index is 12.2. The summed E-state index contributed by atoms with van der Waals surface area (Å²) in [6, 6.07) is 7.99. The highest BCUT2D eigenvalue weighted by Gasteiger charge is 2.15. The molecule has 0 saturated heterocycles. The van der Waals surface area contributed by atoms with Crippen LogP contribution in [0, 0.1) is 5.92 Å². The number of hydrogen-bond acceptors (Lipinski definition) is 1. The summed E-state index contributed by atoms with van der Waals surface area (Å²) in [6.07, 6.45) is 6.03. The number of anilines is 1. The van der Waals surface area contributed by atoms with E-state index in [0.717, 1.165) is 42.3 Å². The summed E-state index contributed by atoms with van der Waals surface area (Å²) in [6.45, 7) is 4.23. The smallest absolute Gasteiger partial charge is 0.227 e. The topological polar surface area (TPSA) is 44.9 Å². The molecule has 3 heteroatoms. The number of rotatable bonds is 6. The Morgan fingerprint density at radius 3 is 2.89 bits per heavy atom. The lowest BCUT2D eigenvalue weighted by atomic mass is 9.98. The molecule has 0 aliphatic heterocycles. The van der Waals surface area contributed by atoms with Crippen molar-refractivity contribution >= 4 is 22.5 Å². The van der Waals surface area contributed by atoms with Crippen LogP contribution in [0.1, 0.15) is 39.5 Å². The zero-order valence-electron chi connectivity index (χ0n) is 11.7. The maximum absolute atomic E-state index is 12.2. The van der Waals surface area contributed by atoms with Crippen molar-refractivity contribution in [2.24, 2.45) is 5.92 Å². The Bertz CT molecular complexity index is 544. The van der Waals surface area contributed by atoms with Gasteiger partial charge in [0.2, 0.25) is 5.91 Å². The van der Waals surface area contributed by atoms with Crippen LogP contribution in [0.4, 0.5) is 5.69 Å². The van der Waals surface area contributed by atoms with Crippen LogP contribution in [0.25, 0.3) is 10.9 Å². The van der Waals surface area contributed by atoms with Crippen molar-refractivity contribution in [2.75, 3.05) is 5.32 Å². The number of carbonyl (C=O) groups excluding carboxylic acids is 1. The highest BCUT2D eigenvalue weighted by Crippen LogP contribution is 2.20. The molecule has 102 valence electrons. The summed E-state index contributed by atoms with van der Waals surface area (Å²) in [5.74, 6) is 0.265. The van der Waals surface area contributed by atoms with Crippen molar-refractivity contribution in [2.45, 2.75) is 39.5 Å². The molecule has 0 radical (unpaired) electrons. The Morgan fingerprint density at radius 2 is 2.16 bits per heavy atom. The first-order valence-corrected chi connectivity index (χ1v) is 7.12. The number of benzene rings is 1. The second-order valence-corrected chi connectivity index (χ2v) is 5.02. The number of hydrogen-bond donors (Lipinski definition) is 2. The van der Waals surface area contributed by atoms with Crippen LogP contribution in [0.3, 0.4) is 0 Å². The van der Waals surface area contributed by atoms with Gasteiger partial charge in [-0.15, -0.1) is 0 Å². The quantitative estimate of drug-likeness (QED) is 0.796. The van der Waals surface area contributed by atoms with E-state index < -0.39 is 0 Å². The van der Waals surface area contributed by atoms with Crippen LogP contribution in [-0.2, 0) is 4.79 Å². The predicted molar refractivity (Wildman–Crippen MR) is 80.2 cm³/mol. The first kappa shape index (κ1) is 13.7. The predicted octanol–water partition coefficient (Wildman–Crippen LogP) is 4.32. The number of H-pyrrole nitrogens is 1. The van der Waals surface area contributed by atoms with Gasteiger partial charge in [-0.3, -0.25) is 4.79 Å². The average Bonchev–Trinajstić information content (AvgIpc) is 2.87. The van der Waals surface area contributed by atoms with E-state index in [4.69, 9.17) is 0 Å². The van der Waals surface area contributed by atoms with E-state index in [1.165, 1.54) is 0 Å². The third-order valence-electron chi connectivity index (χ3n) is 3.59. The van der Waals surface area contributed by atoms with Gasteiger partial charge in [0, 0.05) is 23.3 Å². The number of aromatic amines is 1. The van der Waals surface area contributed by atoms with Gasteiger partial charge in [0.1, 0.15) is 0 Å². The molecular weight excluding hydrogens is 236 g/mol. The number of aromatic nitrogens is 1. The van der Waals surface area contributed by atoms with Gasteiger partial charge in [-0.1, -0.05) is 32.8 Å². The van der Waals surface area contributed by atoms with Crippen LogP contribution in [0.15, 0.2) is 30.5 Å². The van der Waals surface area contributed by atoms with E-state index >= 15 is 0 Å². The van der Waals surface area contributed by atoms with Crippen molar-refractivity contribution < 1.29 is 4.79 Å². The number of fused-ring (bicyclic) bond motifs is 1. The molecule has 2 N–H and O–H groups in total. The van der Waals surface area contributed by atoms with Gasteiger partial charge in [-0.2, -0.15) is 0 Å². The molecule has 0 bridgehead atoms. The molecule has 1 atom stereocenters. The fourth-order valence-corrected chi connectivity index (χ4v) is 2.34. The van der Waals surface area contributed by atoms with Crippen LogP contribution >= 0.6 is 0 Å². The van der Waals surface area contributed by atoms with Gasteiger partial charge in [0.25, 0.3) is 0 Å². The van der Waals surface area contributed by atoms with Gasteiger partial charge in [-0.25, -0.2) is 0 Å². The average molecular weight is 258 g/mol. The summed E-state index contributed by atoms with van der Waals surface area (Å²) < 4.78 is 0. The van der Waals surface area contributed by atoms with Crippen LogP contribution < -0.4 is 5.32 Å². The summed E-state index contributed by atoms with van der Waals surface area (Å²) in [5.41, 5.74) is 1.93. The summed E-state index contributed by atoms with van der Waals surface area (Å²) in [4.78, 5) is 15.4. The molecule has 1 amide bonds. The van der Waals surface area contributed by atoms with Gasteiger partial charge in [-0.05, 0) is 36.4 Å². The van der Waals surface area contributed by atoms with E-state index in [1.807, 2.05) is 30.5 Å². The van der Waals surface area contributed by atoms with E-state index in [-0.39, 0.29) is 11.8 Å². The van der Waals surface area contributed by atoms with E-state index in [1.54, 1.807) is 0 Å². The molecule has 2 rings (SSSR count). The van der Waals surface area contributed by atoms with Crippen molar-refractivity contribution in [1.29, 1.82) is 0 Å². The Labute approximate surface area is 114 Å². The molecular formula is C16H22N2O. The summed E-state index contributed by atoms with van der Waals surface area (Å²) in [7, 11) is 0. The van der Waals surface area contributed by atoms with E-state index in [2.05, 4.69) is 24.1 Å². The second kappa shape index (κ2) is 6.41. The van der Waals surface area contributed by atoms with Crippen molar-refractivity contribution in [1.82, 2.24) is 4.98 Å². The number of unbranched alkanes of at least 4 members (excludes halogenated alkanes) is 1. The van der Waals surface area contributed by atoms with E-state index in [9.17, 15) is 4.79 Å². The molecule has 1 aromatic heterocycles. The first-order valence-electron chi connectivity index (χ1n) is 7.12. The lowest BCUT2D eigenvalue weighted by Crippen LogP contribution is -2.22. The zero-order chi connectivity index (χ0) is 13.7. The van der Waals surface area contributed by atoms with Crippen LogP contribution in [0.2, 0.25) is 0 Å². The maximum Gasteiger partial charge on any atom is 0.227 e. The third kappa shape index (κ3) is 3.37. The molecule has 19 heavy (non-hydrogen) atoms. The zero-order valence-corrected chi connectivity index (χ0v) is 11.7. The Balaban J connectivity index is 2.04. The lowest BCUT2D eigenvalue weighted by molar-refractivity contribution is -0.120. The first-order chi connectivity index (χ1) is 9.24. The van der Waals surface area contributed by atoms with Gasteiger partial charge in [0.05, 0.1) is 0 Å². The number of nitrogens with one attached hydrogen (secondary N) is 2. The molecule has 0 aliphatic rings. The van der Waals surface area contributed by atoms with Gasteiger partial charge < -0.3 is 10.3 Å². The molecule has 1 unspecified atom stereocenters. The second-order valence-electron chi connectivity index (χ2n) is 5.02. The highest BCUT2D eigenvalue weighted by molar-refractivity contribution is 5.94. The normalized spacial score (nSPS) is 12.5. The molecule has 0 saturated carbocycles. The Morgan fingerprint density at radius 1 is 1.32 bits per heavy atom. The molecule has 0 spiro atoms. The summed E-state index contributed by atoms with van der Waals surface area (Å²) >= 11 is 0.